The van der Waals surface area contributed by atoms with Crippen LogP contribution in [0.25, 0.3) is 0 Å². The lowest BCUT2D eigenvalue weighted by atomic mass is 9.75. The first-order chi connectivity index (χ1) is 9.37. The number of nitrogens with zero attached hydrogens (tertiary/aromatic N) is 1. The summed E-state index contributed by atoms with van der Waals surface area (Å²) in [7, 11) is 4.06. The minimum Gasteiger partial charge on any atom is -0.478 e. The summed E-state index contributed by atoms with van der Waals surface area (Å²) in [4.78, 5) is 13.1. The van der Waals surface area contributed by atoms with Gasteiger partial charge in [0.25, 0.3) is 0 Å². The Bertz CT molecular complexity index is 530. The SMILES string of the molecule is CN(C)C1(CNc2ccc(C(=O)O)c(Br)c2F)CCC1. The Labute approximate surface area is 126 Å². The quantitative estimate of drug-likeness (QED) is 0.861. The minimum atomic E-state index is -1.15. The fourth-order valence-corrected chi connectivity index (χ4v) is 2.99. The predicted molar refractivity (Wildman–Crippen MR) is 79.8 cm³/mol. The summed E-state index contributed by atoms with van der Waals surface area (Å²) in [6, 6.07) is 2.88. The molecule has 0 saturated heterocycles. The molecular formula is C14H18BrFN2O2. The van der Waals surface area contributed by atoms with Crippen molar-refractivity contribution in [2.24, 2.45) is 0 Å². The van der Waals surface area contributed by atoms with Gasteiger partial charge in [0.15, 0.2) is 5.82 Å². The van der Waals surface area contributed by atoms with Gasteiger partial charge in [0.2, 0.25) is 0 Å². The highest BCUT2D eigenvalue weighted by Gasteiger charge is 2.38. The number of nitrogens with one attached hydrogen (secondary N) is 1. The summed E-state index contributed by atoms with van der Waals surface area (Å²) in [5, 5.41) is 12.0. The molecule has 0 amide bonds. The van der Waals surface area contributed by atoms with Crippen molar-refractivity contribution in [3.8, 4) is 0 Å². The Kier molecular flexibility index (Phi) is 4.34. The summed E-state index contributed by atoms with van der Waals surface area (Å²) < 4.78 is 14.1. The Morgan fingerprint density at radius 3 is 2.60 bits per heavy atom. The first kappa shape index (κ1) is 15.3. The maximum atomic E-state index is 14.1. The Morgan fingerprint density at radius 2 is 2.15 bits per heavy atom. The van der Waals surface area contributed by atoms with Crippen molar-refractivity contribution in [3.05, 3.63) is 28.0 Å². The summed E-state index contributed by atoms with van der Waals surface area (Å²) in [5.74, 6) is -1.70. The lowest BCUT2D eigenvalue weighted by Gasteiger charge is -2.47. The van der Waals surface area contributed by atoms with Gasteiger partial charge >= 0.3 is 5.97 Å². The zero-order chi connectivity index (χ0) is 14.9. The molecule has 0 aromatic heterocycles. The van der Waals surface area contributed by atoms with E-state index >= 15 is 0 Å². The second-order valence-electron chi connectivity index (χ2n) is 5.42. The molecule has 0 heterocycles. The maximum Gasteiger partial charge on any atom is 0.336 e. The number of carboxylic acids is 1. The first-order valence-electron chi connectivity index (χ1n) is 6.50. The summed E-state index contributed by atoms with van der Waals surface area (Å²) in [6.07, 6.45) is 3.36. The minimum absolute atomic E-state index is 0.0116. The molecule has 0 atom stereocenters. The van der Waals surface area contributed by atoms with Crippen molar-refractivity contribution in [2.75, 3.05) is 26.0 Å². The maximum absolute atomic E-state index is 14.1. The van der Waals surface area contributed by atoms with Crippen LogP contribution in [0.3, 0.4) is 0 Å². The Hall–Kier alpha value is -1.14. The molecular weight excluding hydrogens is 327 g/mol. The van der Waals surface area contributed by atoms with Crippen molar-refractivity contribution in [1.29, 1.82) is 0 Å². The van der Waals surface area contributed by atoms with Gasteiger partial charge in [0, 0.05) is 12.1 Å². The second kappa shape index (κ2) is 5.69. The van der Waals surface area contributed by atoms with Crippen molar-refractivity contribution in [1.82, 2.24) is 4.90 Å². The highest BCUT2D eigenvalue weighted by atomic mass is 79.9. The molecule has 0 radical (unpaired) electrons. The molecule has 0 aliphatic heterocycles. The van der Waals surface area contributed by atoms with Gasteiger partial charge in [-0.15, -0.1) is 0 Å². The highest BCUT2D eigenvalue weighted by Crippen LogP contribution is 2.37. The van der Waals surface area contributed by atoms with Crippen LogP contribution >= 0.6 is 15.9 Å². The Balaban J connectivity index is 2.15. The number of rotatable bonds is 5. The summed E-state index contributed by atoms with van der Waals surface area (Å²) in [5.41, 5.74) is 0.332. The van der Waals surface area contributed by atoms with E-state index in [9.17, 15) is 9.18 Å². The van der Waals surface area contributed by atoms with Gasteiger partial charge < -0.3 is 15.3 Å². The number of halogens is 2. The third kappa shape index (κ3) is 2.67. The molecule has 1 aromatic rings. The fraction of sp³-hybridized carbons (Fsp3) is 0.500. The van der Waals surface area contributed by atoms with E-state index in [0.717, 1.165) is 12.8 Å². The van der Waals surface area contributed by atoms with E-state index < -0.39 is 11.8 Å². The van der Waals surface area contributed by atoms with E-state index in [1.807, 2.05) is 14.1 Å². The van der Waals surface area contributed by atoms with Gasteiger partial charge in [-0.25, -0.2) is 9.18 Å². The van der Waals surface area contributed by atoms with E-state index in [1.165, 1.54) is 18.6 Å². The number of carbonyl (C=O) groups is 1. The molecule has 2 rings (SSSR count). The molecule has 6 heteroatoms. The third-order valence-electron chi connectivity index (χ3n) is 4.15. The molecule has 1 saturated carbocycles. The highest BCUT2D eigenvalue weighted by molar-refractivity contribution is 9.10. The summed E-state index contributed by atoms with van der Waals surface area (Å²) >= 11 is 3.01. The fourth-order valence-electron chi connectivity index (χ4n) is 2.48. The molecule has 2 N–H and O–H groups in total. The second-order valence-corrected chi connectivity index (χ2v) is 6.21. The lowest BCUT2D eigenvalue weighted by Crippen LogP contribution is -2.54. The van der Waals surface area contributed by atoms with Crippen molar-refractivity contribution < 1.29 is 14.3 Å². The smallest absolute Gasteiger partial charge is 0.336 e. The largest absolute Gasteiger partial charge is 0.478 e. The lowest BCUT2D eigenvalue weighted by molar-refractivity contribution is 0.0695. The molecule has 4 nitrogen and oxygen atoms in total. The third-order valence-corrected chi connectivity index (χ3v) is 4.93. The normalized spacial score (nSPS) is 16.9. The van der Waals surface area contributed by atoms with Gasteiger partial charge in [0.1, 0.15) is 0 Å². The van der Waals surface area contributed by atoms with Crippen LogP contribution in [0, 0.1) is 5.82 Å². The van der Waals surface area contributed by atoms with Gasteiger partial charge in [0.05, 0.1) is 15.7 Å². The van der Waals surface area contributed by atoms with E-state index in [-0.39, 0.29) is 15.6 Å². The molecule has 1 aromatic carbocycles. The molecule has 110 valence electrons. The monoisotopic (exact) mass is 344 g/mol. The molecule has 1 aliphatic carbocycles. The molecule has 1 aliphatic rings. The van der Waals surface area contributed by atoms with Crippen LogP contribution < -0.4 is 5.32 Å². The van der Waals surface area contributed by atoms with Gasteiger partial charge in [-0.3, -0.25) is 0 Å². The number of aromatic carboxylic acids is 1. The summed E-state index contributed by atoms with van der Waals surface area (Å²) in [6.45, 7) is 0.649. The van der Waals surface area contributed by atoms with Crippen LogP contribution in [0.1, 0.15) is 29.6 Å². The molecule has 0 unspecified atom stereocenters. The van der Waals surface area contributed by atoms with Crippen molar-refractivity contribution in [3.63, 3.8) is 0 Å². The van der Waals surface area contributed by atoms with E-state index in [4.69, 9.17) is 5.11 Å². The molecule has 20 heavy (non-hydrogen) atoms. The first-order valence-corrected chi connectivity index (χ1v) is 7.29. The number of benzene rings is 1. The number of hydrogen-bond donors (Lipinski definition) is 2. The number of anilines is 1. The van der Waals surface area contributed by atoms with Crippen molar-refractivity contribution in [2.45, 2.75) is 24.8 Å². The number of hydrogen-bond acceptors (Lipinski definition) is 3. The van der Waals surface area contributed by atoms with E-state index in [1.54, 1.807) is 0 Å². The van der Waals surface area contributed by atoms with Crippen LogP contribution in [0.4, 0.5) is 10.1 Å². The van der Waals surface area contributed by atoms with Crippen LogP contribution in [-0.4, -0.2) is 42.2 Å². The van der Waals surface area contributed by atoms with Crippen LogP contribution in [0.2, 0.25) is 0 Å². The Morgan fingerprint density at radius 1 is 1.50 bits per heavy atom. The van der Waals surface area contributed by atoms with E-state index in [0.29, 0.717) is 12.2 Å². The molecule has 0 bridgehead atoms. The molecule has 0 spiro atoms. The zero-order valence-corrected chi connectivity index (χ0v) is 13.1. The molecule has 1 fully saturated rings. The van der Waals surface area contributed by atoms with Gasteiger partial charge in [-0.05, 0) is 61.4 Å². The van der Waals surface area contributed by atoms with Crippen molar-refractivity contribution >= 4 is 27.6 Å². The topological polar surface area (TPSA) is 52.6 Å². The van der Waals surface area contributed by atoms with Crippen LogP contribution in [0.15, 0.2) is 16.6 Å². The van der Waals surface area contributed by atoms with Gasteiger partial charge in [-0.1, -0.05) is 0 Å². The average molecular weight is 345 g/mol. The number of carboxylic acid groups (broad SMARTS) is 1. The standard InChI is InChI=1S/C14H18BrFN2O2/c1-18(2)14(6-3-7-14)8-17-10-5-4-9(13(19)20)11(15)12(10)16/h4-5,17H,3,6-8H2,1-2H3,(H,19,20). The van der Waals surface area contributed by atoms with Crippen LogP contribution in [0.5, 0.6) is 0 Å². The van der Waals surface area contributed by atoms with Gasteiger partial charge in [-0.2, -0.15) is 0 Å². The number of likely N-dealkylation sites (N-methyl/N-ethyl adjacent to an activating group) is 1. The average Bonchev–Trinajstić information content (AvgIpc) is 2.32. The zero-order valence-electron chi connectivity index (χ0n) is 11.5. The van der Waals surface area contributed by atoms with E-state index in [2.05, 4.69) is 26.1 Å². The van der Waals surface area contributed by atoms with Crippen LogP contribution in [-0.2, 0) is 0 Å². The predicted octanol–water partition coefficient (Wildman–Crippen LogP) is 3.18.